The average molecular weight is 225 g/mol. The first-order chi connectivity index (χ1) is 7.66. The fourth-order valence-corrected chi connectivity index (χ4v) is 3.32. The van der Waals surface area contributed by atoms with Crippen LogP contribution < -0.4 is 5.73 Å². The number of likely N-dealkylation sites (tertiary alicyclic amines) is 2. The minimum absolute atomic E-state index is 0.444. The Morgan fingerprint density at radius 3 is 2.62 bits per heavy atom. The van der Waals surface area contributed by atoms with Gasteiger partial charge in [-0.1, -0.05) is 0 Å². The van der Waals surface area contributed by atoms with E-state index in [1.807, 2.05) is 0 Å². The van der Waals surface area contributed by atoms with E-state index in [4.69, 9.17) is 5.73 Å². The van der Waals surface area contributed by atoms with Crippen LogP contribution in [0, 0.1) is 0 Å². The average Bonchev–Trinajstić information content (AvgIpc) is 2.43. The summed E-state index contributed by atoms with van der Waals surface area (Å²) in [6.45, 7) is 6.11. The number of rotatable bonds is 1. The van der Waals surface area contributed by atoms with Gasteiger partial charge in [-0.2, -0.15) is 0 Å². The second-order valence-corrected chi connectivity index (χ2v) is 5.76. The summed E-state index contributed by atoms with van der Waals surface area (Å²) < 4.78 is 0. The van der Waals surface area contributed by atoms with Crippen LogP contribution in [0.3, 0.4) is 0 Å². The van der Waals surface area contributed by atoms with Crippen LogP contribution in [-0.4, -0.2) is 54.6 Å². The standard InChI is InChI=1S/C13H27N3/c1-11-10-12(14)5-9-16(11)13-4-3-7-15(2)8-6-13/h11-13H,3-10,14H2,1-2H3. The van der Waals surface area contributed by atoms with Crippen molar-refractivity contribution in [3.8, 4) is 0 Å². The molecule has 2 fully saturated rings. The Balaban J connectivity index is 1.90. The third-order valence-corrected chi connectivity index (χ3v) is 4.36. The highest BCUT2D eigenvalue weighted by Gasteiger charge is 2.29. The van der Waals surface area contributed by atoms with Crippen molar-refractivity contribution >= 4 is 0 Å². The minimum atomic E-state index is 0.444. The lowest BCUT2D eigenvalue weighted by Crippen LogP contribution is -2.50. The van der Waals surface area contributed by atoms with Gasteiger partial charge in [0.25, 0.3) is 0 Å². The fraction of sp³-hybridized carbons (Fsp3) is 1.00. The van der Waals surface area contributed by atoms with Crippen LogP contribution in [-0.2, 0) is 0 Å². The van der Waals surface area contributed by atoms with Crippen molar-refractivity contribution in [1.29, 1.82) is 0 Å². The lowest BCUT2D eigenvalue weighted by atomic mass is 9.95. The molecule has 2 heterocycles. The smallest absolute Gasteiger partial charge is 0.0111 e. The summed E-state index contributed by atoms with van der Waals surface area (Å²) in [5.41, 5.74) is 6.03. The van der Waals surface area contributed by atoms with E-state index in [1.165, 1.54) is 51.7 Å². The molecule has 3 unspecified atom stereocenters. The highest BCUT2D eigenvalue weighted by molar-refractivity contribution is 4.86. The summed E-state index contributed by atoms with van der Waals surface area (Å²) in [4.78, 5) is 5.20. The zero-order valence-corrected chi connectivity index (χ0v) is 10.9. The van der Waals surface area contributed by atoms with Gasteiger partial charge in [0.1, 0.15) is 0 Å². The fourth-order valence-electron chi connectivity index (χ4n) is 3.32. The summed E-state index contributed by atoms with van der Waals surface area (Å²) in [5.74, 6) is 0. The van der Waals surface area contributed by atoms with Gasteiger partial charge in [0.2, 0.25) is 0 Å². The van der Waals surface area contributed by atoms with Crippen LogP contribution in [0.5, 0.6) is 0 Å². The molecule has 3 heteroatoms. The second-order valence-electron chi connectivity index (χ2n) is 5.76. The number of nitrogens with zero attached hydrogens (tertiary/aromatic N) is 2. The highest BCUT2D eigenvalue weighted by atomic mass is 15.2. The predicted molar refractivity (Wildman–Crippen MR) is 68.5 cm³/mol. The topological polar surface area (TPSA) is 32.5 Å². The molecule has 0 aromatic carbocycles. The van der Waals surface area contributed by atoms with Gasteiger partial charge < -0.3 is 10.6 Å². The first-order valence-electron chi connectivity index (χ1n) is 6.86. The lowest BCUT2D eigenvalue weighted by Gasteiger charge is -2.41. The maximum absolute atomic E-state index is 6.03. The largest absolute Gasteiger partial charge is 0.328 e. The molecule has 0 bridgehead atoms. The Bertz CT molecular complexity index is 219. The van der Waals surface area contributed by atoms with Crippen molar-refractivity contribution in [2.75, 3.05) is 26.7 Å². The van der Waals surface area contributed by atoms with Gasteiger partial charge in [0.05, 0.1) is 0 Å². The molecule has 2 saturated heterocycles. The first kappa shape index (κ1) is 12.3. The van der Waals surface area contributed by atoms with Gasteiger partial charge in [0.15, 0.2) is 0 Å². The molecule has 2 rings (SSSR count). The Morgan fingerprint density at radius 1 is 1.06 bits per heavy atom. The molecule has 3 nitrogen and oxygen atoms in total. The molecule has 0 aliphatic carbocycles. The summed E-state index contributed by atoms with van der Waals surface area (Å²) in [5, 5.41) is 0. The zero-order chi connectivity index (χ0) is 11.5. The molecule has 2 N–H and O–H groups in total. The van der Waals surface area contributed by atoms with Gasteiger partial charge in [-0.3, -0.25) is 4.90 Å². The number of hydrogen-bond donors (Lipinski definition) is 1. The third kappa shape index (κ3) is 2.96. The van der Waals surface area contributed by atoms with Crippen LogP contribution in [0.2, 0.25) is 0 Å². The maximum Gasteiger partial charge on any atom is 0.0111 e. The monoisotopic (exact) mass is 225 g/mol. The van der Waals surface area contributed by atoms with Crippen LogP contribution in [0.4, 0.5) is 0 Å². The number of hydrogen-bond acceptors (Lipinski definition) is 3. The van der Waals surface area contributed by atoms with E-state index in [9.17, 15) is 0 Å². The SMILES string of the molecule is CC1CC(N)CCN1C1CCCN(C)CC1. The molecular weight excluding hydrogens is 198 g/mol. The van der Waals surface area contributed by atoms with E-state index in [0.717, 1.165) is 6.04 Å². The van der Waals surface area contributed by atoms with Crippen LogP contribution >= 0.6 is 0 Å². The van der Waals surface area contributed by atoms with Crippen LogP contribution in [0.25, 0.3) is 0 Å². The summed E-state index contributed by atoms with van der Waals surface area (Å²) >= 11 is 0. The Morgan fingerprint density at radius 2 is 1.88 bits per heavy atom. The minimum Gasteiger partial charge on any atom is -0.328 e. The lowest BCUT2D eigenvalue weighted by molar-refractivity contribution is 0.0871. The Hall–Kier alpha value is -0.120. The van der Waals surface area contributed by atoms with E-state index < -0.39 is 0 Å². The summed E-state index contributed by atoms with van der Waals surface area (Å²) in [6.07, 6.45) is 6.46. The third-order valence-electron chi connectivity index (χ3n) is 4.36. The van der Waals surface area contributed by atoms with Gasteiger partial charge in [0, 0.05) is 24.7 Å². The zero-order valence-electron chi connectivity index (χ0n) is 10.9. The molecule has 16 heavy (non-hydrogen) atoms. The van der Waals surface area contributed by atoms with Gasteiger partial charge in [-0.05, 0) is 59.2 Å². The van der Waals surface area contributed by atoms with E-state index >= 15 is 0 Å². The number of piperidine rings is 1. The Labute approximate surface area is 100.0 Å². The van der Waals surface area contributed by atoms with E-state index in [0.29, 0.717) is 12.1 Å². The molecule has 0 aromatic heterocycles. The molecule has 0 saturated carbocycles. The molecule has 94 valence electrons. The predicted octanol–water partition coefficient (Wildman–Crippen LogP) is 1.28. The van der Waals surface area contributed by atoms with Crippen molar-refractivity contribution in [2.24, 2.45) is 5.73 Å². The quantitative estimate of drug-likeness (QED) is 0.730. The Kier molecular flexibility index (Phi) is 4.22. The second kappa shape index (κ2) is 5.48. The molecule has 3 atom stereocenters. The van der Waals surface area contributed by atoms with Crippen molar-refractivity contribution < 1.29 is 0 Å². The summed E-state index contributed by atoms with van der Waals surface area (Å²) in [6, 6.07) is 1.95. The normalized spacial score (nSPS) is 39.6. The molecule has 0 aromatic rings. The molecule has 2 aliphatic rings. The molecule has 0 radical (unpaired) electrons. The maximum atomic E-state index is 6.03. The van der Waals surface area contributed by atoms with Crippen molar-refractivity contribution in [2.45, 2.75) is 57.2 Å². The summed E-state index contributed by atoms with van der Waals surface area (Å²) in [7, 11) is 2.25. The van der Waals surface area contributed by atoms with Crippen LogP contribution in [0.15, 0.2) is 0 Å². The molecule has 0 spiro atoms. The van der Waals surface area contributed by atoms with Gasteiger partial charge >= 0.3 is 0 Å². The van der Waals surface area contributed by atoms with Gasteiger partial charge in [-0.15, -0.1) is 0 Å². The molecule has 0 amide bonds. The molecular formula is C13H27N3. The van der Waals surface area contributed by atoms with E-state index in [1.54, 1.807) is 0 Å². The van der Waals surface area contributed by atoms with Crippen molar-refractivity contribution in [3.05, 3.63) is 0 Å². The first-order valence-corrected chi connectivity index (χ1v) is 6.86. The van der Waals surface area contributed by atoms with Gasteiger partial charge in [-0.25, -0.2) is 0 Å². The van der Waals surface area contributed by atoms with Crippen LogP contribution in [0.1, 0.15) is 39.0 Å². The number of nitrogens with two attached hydrogens (primary N) is 1. The van der Waals surface area contributed by atoms with E-state index in [2.05, 4.69) is 23.8 Å². The van der Waals surface area contributed by atoms with Crippen molar-refractivity contribution in [1.82, 2.24) is 9.80 Å². The van der Waals surface area contributed by atoms with E-state index in [-0.39, 0.29) is 0 Å². The van der Waals surface area contributed by atoms with Crippen molar-refractivity contribution in [3.63, 3.8) is 0 Å². The molecule has 2 aliphatic heterocycles. The highest BCUT2D eigenvalue weighted by Crippen LogP contribution is 2.24.